The number of aryl methyl sites for hydroxylation is 1. The van der Waals surface area contributed by atoms with Gasteiger partial charge in [0.25, 0.3) is 0 Å². The number of aliphatic carboxylic acids is 1. The van der Waals surface area contributed by atoms with Crippen LogP contribution in [0.25, 0.3) is 0 Å². The third kappa shape index (κ3) is 14.0. The number of thioether (sulfide) groups is 1. The predicted molar refractivity (Wildman–Crippen MR) is 178 cm³/mol. The third-order valence-electron chi connectivity index (χ3n) is 7.48. The number of nitrogens with one attached hydrogen (secondary N) is 2. The van der Waals surface area contributed by atoms with Crippen molar-refractivity contribution in [2.75, 3.05) is 12.9 Å². The molecule has 2 aromatic rings. The van der Waals surface area contributed by atoms with Crippen LogP contribution in [-0.4, -0.2) is 76.3 Å². The number of carbonyl (C=O) groups is 5. The number of unbranched alkanes of at least 4 members (excludes halogenated alkanes) is 2. The number of ether oxygens (including phenoxy) is 1. The van der Waals surface area contributed by atoms with Crippen LogP contribution in [-0.2, 0) is 36.8 Å². The van der Waals surface area contributed by atoms with Crippen LogP contribution in [0.3, 0.4) is 0 Å². The Labute approximate surface area is 275 Å². The van der Waals surface area contributed by atoms with Crippen molar-refractivity contribution in [3.63, 3.8) is 0 Å². The first-order chi connectivity index (χ1) is 22.1. The van der Waals surface area contributed by atoms with E-state index in [1.165, 1.54) is 24.9 Å². The topological polar surface area (TPSA) is 185 Å². The molecule has 0 aliphatic carbocycles. The average Bonchev–Trinajstić information content (AvgIpc) is 3.04. The number of benzene rings is 2. The molecule has 252 valence electrons. The second-order valence-corrected chi connectivity index (χ2v) is 12.5. The van der Waals surface area contributed by atoms with Gasteiger partial charge in [0, 0.05) is 36.7 Å². The lowest BCUT2D eigenvalue weighted by Crippen LogP contribution is -2.56. The Bertz CT molecular complexity index is 1280. The number of phenols is 1. The lowest BCUT2D eigenvalue weighted by atomic mass is 10.0. The smallest absolute Gasteiger partial charge is 0.326 e. The van der Waals surface area contributed by atoms with Crippen molar-refractivity contribution in [3.05, 3.63) is 59.7 Å². The van der Waals surface area contributed by atoms with Crippen LogP contribution in [0.1, 0.15) is 69.4 Å². The van der Waals surface area contributed by atoms with Crippen molar-refractivity contribution in [2.24, 2.45) is 5.73 Å². The molecule has 46 heavy (non-hydrogen) atoms. The van der Waals surface area contributed by atoms with Crippen molar-refractivity contribution in [1.29, 1.82) is 0 Å². The fraction of sp³-hybridized carbons (Fsp3) is 0.500. The van der Waals surface area contributed by atoms with E-state index in [9.17, 15) is 34.2 Å². The molecule has 0 heterocycles. The summed E-state index contributed by atoms with van der Waals surface area (Å²) in [6, 6.07) is 10.5. The number of ketones is 1. The second kappa shape index (κ2) is 21.0. The molecule has 0 saturated carbocycles. The van der Waals surface area contributed by atoms with E-state index in [0.717, 1.165) is 36.8 Å². The molecule has 4 unspecified atom stereocenters. The average molecular weight is 658 g/mol. The first-order valence-corrected chi connectivity index (χ1v) is 16.7. The molecule has 2 aromatic carbocycles. The van der Waals surface area contributed by atoms with Gasteiger partial charge in [-0.05, 0) is 42.5 Å². The number of carboxylic acids is 1. The van der Waals surface area contributed by atoms with Gasteiger partial charge >= 0.3 is 5.97 Å². The molecule has 11 nitrogen and oxygen atoms in total. The predicted octanol–water partition coefficient (Wildman–Crippen LogP) is 3.58. The van der Waals surface area contributed by atoms with E-state index in [1.54, 1.807) is 42.5 Å². The molecule has 0 aliphatic rings. The maximum atomic E-state index is 13.5. The van der Waals surface area contributed by atoms with E-state index in [2.05, 4.69) is 17.6 Å². The van der Waals surface area contributed by atoms with Gasteiger partial charge in [0.2, 0.25) is 11.8 Å². The van der Waals surface area contributed by atoms with Crippen LogP contribution in [0.2, 0.25) is 0 Å². The van der Waals surface area contributed by atoms with Crippen molar-refractivity contribution in [3.8, 4) is 11.5 Å². The lowest BCUT2D eigenvalue weighted by molar-refractivity contribution is -0.142. The highest BCUT2D eigenvalue weighted by Gasteiger charge is 2.29. The first kappa shape index (κ1) is 38.3. The van der Waals surface area contributed by atoms with Crippen LogP contribution >= 0.6 is 11.8 Å². The van der Waals surface area contributed by atoms with Crippen molar-refractivity contribution in [2.45, 2.75) is 94.5 Å². The Morgan fingerprint density at radius 3 is 2.35 bits per heavy atom. The molecule has 0 radical (unpaired) electrons. The van der Waals surface area contributed by atoms with Gasteiger partial charge in [0.05, 0.1) is 13.2 Å². The summed E-state index contributed by atoms with van der Waals surface area (Å²) in [6.45, 7) is 2.08. The van der Waals surface area contributed by atoms with Gasteiger partial charge in [-0.1, -0.05) is 62.6 Å². The molecule has 0 spiro atoms. The minimum atomic E-state index is -1.23. The summed E-state index contributed by atoms with van der Waals surface area (Å²) in [6.07, 6.45) is 5.48. The first-order valence-electron chi connectivity index (χ1n) is 15.6. The summed E-state index contributed by atoms with van der Waals surface area (Å²) >= 11 is 1.38. The highest BCUT2D eigenvalue weighted by Crippen LogP contribution is 2.28. The van der Waals surface area contributed by atoms with Crippen LogP contribution in [0, 0.1) is 0 Å². The number of aldehydes is 1. The number of phenolic OH excluding ortho intramolecular Hbond substituents is 1. The monoisotopic (exact) mass is 657 g/mol. The fourth-order valence-corrected chi connectivity index (χ4v) is 6.11. The van der Waals surface area contributed by atoms with Gasteiger partial charge in [-0.15, -0.1) is 0 Å². The summed E-state index contributed by atoms with van der Waals surface area (Å²) in [4.78, 5) is 62.2. The largest absolute Gasteiger partial charge is 0.504 e. The summed E-state index contributed by atoms with van der Waals surface area (Å²) in [5, 5.41) is 24.7. The third-order valence-corrected chi connectivity index (χ3v) is 8.88. The molecule has 2 rings (SSSR count). The molecule has 12 heteroatoms. The maximum Gasteiger partial charge on any atom is 0.326 e. The highest BCUT2D eigenvalue weighted by molar-refractivity contribution is 8.00. The van der Waals surface area contributed by atoms with Gasteiger partial charge < -0.3 is 36.1 Å². The minimum Gasteiger partial charge on any atom is -0.504 e. The number of aromatic hydroxyl groups is 1. The van der Waals surface area contributed by atoms with E-state index >= 15 is 0 Å². The van der Waals surface area contributed by atoms with Crippen LogP contribution in [0.15, 0.2) is 48.5 Å². The number of methoxy groups -OCH3 is 1. The van der Waals surface area contributed by atoms with Crippen LogP contribution in [0.4, 0.5) is 0 Å². The Hall–Kier alpha value is -3.90. The minimum absolute atomic E-state index is 0.0232. The number of hydrogen-bond acceptors (Lipinski definition) is 9. The quantitative estimate of drug-likeness (QED) is 0.0874. The normalized spacial score (nSPS) is 13.5. The van der Waals surface area contributed by atoms with E-state index in [0.29, 0.717) is 18.5 Å². The number of carboxylic acid groups (broad SMARTS) is 1. The number of rotatable bonds is 23. The van der Waals surface area contributed by atoms with Gasteiger partial charge in [0.1, 0.15) is 24.2 Å². The highest BCUT2D eigenvalue weighted by atomic mass is 32.2. The van der Waals surface area contributed by atoms with Crippen molar-refractivity contribution in [1.82, 2.24) is 10.6 Å². The standard InChI is InChI=1S/C34H47N3O8S/c1-3-4-6-12-26(21-25(39)16-14-24-15-17-30(40)31(20-24)45-2)46-22-29(37-32(41)27(35)13-9-18-38)33(42)36-28(34(43)44)19-23-10-7-5-8-11-23/h5,7-8,10-11,15,17-18,20,26-29,40H,3-4,6,9,12-14,16,19,21-22,35H2,1-2H3,(H,36,42)(H,37,41)(H,43,44). The molecule has 0 fully saturated rings. The molecule has 0 bridgehead atoms. The number of carbonyl (C=O) groups excluding carboxylic acids is 4. The number of amides is 2. The van der Waals surface area contributed by atoms with Gasteiger partial charge in [-0.2, -0.15) is 11.8 Å². The number of hydrogen-bond donors (Lipinski definition) is 5. The van der Waals surface area contributed by atoms with Gasteiger partial charge in [-0.3, -0.25) is 14.4 Å². The summed E-state index contributed by atoms with van der Waals surface area (Å²) in [5.41, 5.74) is 7.52. The SMILES string of the molecule is CCCCCC(CC(=O)CCc1ccc(O)c(OC)c1)SCC(NC(=O)C(N)CCC=O)C(=O)NC(Cc1ccccc1)C(=O)O. The number of nitrogens with two attached hydrogens (primary N) is 1. The van der Waals surface area contributed by atoms with E-state index in [1.807, 2.05) is 0 Å². The van der Waals surface area contributed by atoms with E-state index in [4.69, 9.17) is 10.5 Å². The molecule has 2 amide bonds. The molecule has 6 N–H and O–H groups in total. The van der Waals surface area contributed by atoms with Gasteiger partial charge in [-0.25, -0.2) is 4.79 Å². The molecular weight excluding hydrogens is 610 g/mol. The zero-order valence-electron chi connectivity index (χ0n) is 26.6. The summed E-state index contributed by atoms with van der Waals surface area (Å²) < 4.78 is 5.16. The van der Waals surface area contributed by atoms with Crippen LogP contribution < -0.4 is 21.1 Å². The molecule has 0 saturated heterocycles. The van der Waals surface area contributed by atoms with Crippen molar-refractivity contribution >= 4 is 41.6 Å². The summed E-state index contributed by atoms with van der Waals surface area (Å²) in [7, 11) is 1.46. The Morgan fingerprint density at radius 2 is 1.70 bits per heavy atom. The molecule has 0 aromatic heterocycles. The molecular formula is C34H47N3O8S. The molecule has 0 aliphatic heterocycles. The Balaban J connectivity index is 2.15. The zero-order chi connectivity index (χ0) is 33.9. The number of Topliss-reactive ketones (excluding diaryl/α,β-unsaturated/α-hetero) is 1. The van der Waals surface area contributed by atoms with E-state index < -0.39 is 35.9 Å². The Kier molecular flexibility index (Phi) is 17.5. The van der Waals surface area contributed by atoms with Crippen LogP contribution in [0.5, 0.6) is 11.5 Å². The summed E-state index contributed by atoms with van der Waals surface area (Å²) in [5.74, 6) is -2.02. The lowest BCUT2D eigenvalue weighted by Gasteiger charge is -2.24. The molecule has 4 atom stereocenters. The maximum absolute atomic E-state index is 13.5. The fourth-order valence-electron chi connectivity index (χ4n) is 4.78. The van der Waals surface area contributed by atoms with E-state index in [-0.39, 0.29) is 54.6 Å². The second-order valence-electron chi connectivity index (χ2n) is 11.2. The van der Waals surface area contributed by atoms with Crippen molar-refractivity contribution < 1.29 is 38.9 Å². The zero-order valence-corrected chi connectivity index (χ0v) is 27.4. The Morgan fingerprint density at radius 1 is 0.978 bits per heavy atom. The van der Waals surface area contributed by atoms with Gasteiger partial charge in [0.15, 0.2) is 11.5 Å².